The van der Waals surface area contributed by atoms with Crippen LogP contribution in [0.15, 0.2) is 12.1 Å². The molecule has 1 heterocycles. The van der Waals surface area contributed by atoms with Gasteiger partial charge in [0.25, 0.3) is 0 Å². The molecule has 1 amide bonds. The molecule has 0 radical (unpaired) electrons. The third-order valence-electron chi connectivity index (χ3n) is 2.07. The summed E-state index contributed by atoms with van der Waals surface area (Å²) in [6.07, 6.45) is 1.07. The molecule has 0 saturated heterocycles. The number of carbonyl (C=O) groups is 1. The summed E-state index contributed by atoms with van der Waals surface area (Å²) in [6, 6.07) is 4.23. The van der Waals surface area contributed by atoms with Crippen LogP contribution >= 0.6 is 23.1 Å². The Morgan fingerprint density at radius 1 is 1.44 bits per heavy atom. The maximum Gasteiger partial charge on any atom is 0.230 e. The fraction of sp³-hybridized carbons (Fsp3) is 0.583. The summed E-state index contributed by atoms with van der Waals surface area (Å²) in [5.74, 6) is 0.689. The van der Waals surface area contributed by atoms with Crippen LogP contribution < -0.4 is 5.32 Å². The molecule has 0 aliphatic carbocycles. The highest BCUT2D eigenvalue weighted by molar-refractivity contribution is 8.00. The first kappa shape index (κ1) is 13.6. The molecule has 0 aromatic carbocycles. The SMILES string of the molecule is CCc1ccc(CNC(=O)CSC(C)C)s1. The van der Waals surface area contributed by atoms with Crippen LogP contribution in [-0.2, 0) is 17.8 Å². The molecule has 0 aliphatic heterocycles. The van der Waals surface area contributed by atoms with E-state index in [0.29, 0.717) is 17.5 Å². The van der Waals surface area contributed by atoms with Crippen LogP contribution in [0.25, 0.3) is 0 Å². The topological polar surface area (TPSA) is 29.1 Å². The van der Waals surface area contributed by atoms with Gasteiger partial charge in [-0.2, -0.15) is 0 Å². The molecule has 1 aromatic heterocycles. The van der Waals surface area contributed by atoms with Crippen molar-refractivity contribution in [1.29, 1.82) is 0 Å². The summed E-state index contributed by atoms with van der Waals surface area (Å²) in [6.45, 7) is 7.02. The Morgan fingerprint density at radius 3 is 2.69 bits per heavy atom. The number of nitrogens with one attached hydrogen (secondary N) is 1. The fourth-order valence-electron chi connectivity index (χ4n) is 1.19. The molecule has 0 unspecified atom stereocenters. The van der Waals surface area contributed by atoms with Crippen LogP contribution in [0.3, 0.4) is 0 Å². The van der Waals surface area contributed by atoms with E-state index in [1.165, 1.54) is 9.75 Å². The van der Waals surface area contributed by atoms with Gasteiger partial charge in [0.2, 0.25) is 5.91 Å². The standard InChI is InChI=1S/C12H19NOS2/c1-4-10-5-6-11(16-10)7-13-12(14)8-15-9(2)3/h5-6,9H,4,7-8H2,1-3H3,(H,13,14). The number of thiophene rings is 1. The van der Waals surface area contributed by atoms with Crippen LogP contribution in [0.4, 0.5) is 0 Å². The van der Waals surface area contributed by atoms with E-state index in [1.54, 1.807) is 23.1 Å². The second kappa shape index (κ2) is 6.97. The van der Waals surface area contributed by atoms with Gasteiger partial charge in [-0.3, -0.25) is 4.79 Å². The molecule has 4 heteroatoms. The van der Waals surface area contributed by atoms with E-state index in [4.69, 9.17) is 0 Å². The summed E-state index contributed by atoms with van der Waals surface area (Å²) in [5, 5.41) is 3.46. The largest absolute Gasteiger partial charge is 0.350 e. The van der Waals surface area contributed by atoms with E-state index in [1.807, 2.05) is 0 Å². The number of carbonyl (C=O) groups excluding carboxylic acids is 1. The van der Waals surface area contributed by atoms with E-state index < -0.39 is 0 Å². The molecule has 0 fully saturated rings. The lowest BCUT2D eigenvalue weighted by Gasteiger charge is -2.05. The smallest absolute Gasteiger partial charge is 0.230 e. The highest BCUT2D eigenvalue weighted by Crippen LogP contribution is 2.16. The van der Waals surface area contributed by atoms with E-state index in [-0.39, 0.29) is 5.91 Å². The molecule has 90 valence electrons. The molecule has 1 N–H and O–H groups in total. The summed E-state index contributed by atoms with van der Waals surface area (Å²) in [4.78, 5) is 14.1. The van der Waals surface area contributed by atoms with Gasteiger partial charge in [-0.1, -0.05) is 20.8 Å². The van der Waals surface area contributed by atoms with Crippen molar-refractivity contribution >= 4 is 29.0 Å². The molecule has 0 saturated carbocycles. The quantitative estimate of drug-likeness (QED) is 0.848. The van der Waals surface area contributed by atoms with E-state index >= 15 is 0 Å². The number of hydrogen-bond acceptors (Lipinski definition) is 3. The predicted molar refractivity (Wildman–Crippen MR) is 73.1 cm³/mol. The lowest BCUT2D eigenvalue weighted by atomic mass is 10.3. The Morgan fingerprint density at radius 2 is 2.12 bits per heavy atom. The fourth-order valence-corrected chi connectivity index (χ4v) is 2.67. The van der Waals surface area contributed by atoms with Gasteiger partial charge >= 0.3 is 0 Å². The van der Waals surface area contributed by atoms with Gasteiger partial charge < -0.3 is 5.32 Å². The van der Waals surface area contributed by atoms with E-state index in [0.717, 1.165) is 6.42 Å². The van der Waals surface area contributed by atoms with Crippen molar-refractivity contribution in [2.75, 3.05) is 5.75 Å². The lowest BCUT2D eigenvalue weighted by Crippen LogP contribution is -2.24. The van der Waals surface area contributed by atoms with Crippen molar-refractivity contribution in [3.8, 4) is 0 Å². The minimum absolute atomic E-state index is 0.130. The predicted octanol–water partition coefficient (Wildman–Crippen LogP) is 3.07. The zero-order chi connectivity index (χ0) is 12.0. The minimum atomic E-state index is 0.130. The van der Waals surface area contributed by atoms with Gasteiger partial charge in [0.15, 0.2) is 0 Å². The third kappa shape index (κ3) is 5.03. The first-order chi connectivity index (χ1) is 7.61. The van der Waals surface area contributed by atoms with E-state index in [2.05, 4.69) is 38.2 Å². The lowest BCUT2D eigenvalue weighted by molar-refractivity contribution is -0.118. The molecule has 0 spiro atoms. The number of hydrogen-bond donors (Lipinski definition) is 1. The van der Waals surface area contributed by atoms with Gasteiger partial charge in [-0.05, 0) is 23.8 Å². The van der Waals surface area contributed by atoms with Gasteiger partial charge in [0.05, 0.1) is 12.3 Å². The Balaban J connectivity index is 2.26. The molecular formula is C12H19NOS2. The minimum Gasteiger partial charge on any atom is -0.350 e. The summed E-state index contributed by atoms with van der Waals surface area (Å²) in [7, 11) is 0. The molecule has 0 atom stereocenters. The second-order valence-corrected chi connectivity index (χ2v) is 6.68. The number of amides is 1. The van der Waals surface area contributed by atoms with E-state index in [9.17, 15) is 4.79 Å². The molecule has 2 nitrogen and oxygen atoms in total. The van der Waals surface area contributed by atoms with Crippen molar-refractivity contribution in [2.24, 2.45) is 0 Å². The normalized spacial score (nSPS) is 10.8. The first-order valence-corrected chi connectivity index (χ1v) is 7.44. The van der Waals surface area contributed by atoms with Crippen LogP contribution in [-0.4, -0.2) is 16.9 Å². The zero-order valence-electron chi connectivity index (χ0n) is 10.1. The average Bonchev–Trinajstić information content (AvgIpc) is 2.71. The molecule has 1 aromatic rings. The Kier molecular flexibility index (Phi) is 5.91. The van der Waals surface area contributed by atoms with Crippen LogP contribution in [0.1, 0.15) is 30.5 Å². The highest BCUT2D eigenvalue weighted by Gasteiger charge is 2.04. The van der Waals surface area contributed by atoms with Crippen molar-refractivity contribution < 1.29 is 4.79 Å². The van der Waals surface area contributed by atoms with Gasteiger partial charge in [0, 0.05) is 9.75 Å². The summed E-state index contributed by atoms with van der Waals surface area (Å²) in [5.41, 5.74) is 0. The van der Waals surface area contributed by atoms with Crippen molar-refractivity contribution in [3.05, 3.63) is 21.9 Å². The highest BCUT2D eigenvalue weighted by atomic mass is 32.2. The number of rotatable bonds is 6. The maximum atomic E-state index is 11.5. The summed E-state index contributed by atoms with van der Waals surface area (Å²) < 4.78 is 0. The zero-order valence-corrected chi connectivity index (χ0v) is 11.7. The molecular weight excluding hydrogens is 238 g/mol. The number of aryl methyl sites for hydroxylation is 1. The first-order valence-electron chi connectivity index (χ1n) is 5.57. The summed E-state index contributed by atoms with van der Waals surface area (Å²) >= 11 is 3.45. The van der Waals surface area contributed by atoms with Crippen molar-refractivity contribution in [2.45, 2.75) is 39.0 Å². The number of thioether (sulfide) groups is 1. The Hall–Kier alpha value is -0.480. The Labute approximate surface area is 106 Å². The van der Waals surface area contributed by atoms with Crippen molar-refractivity contribution in [1.82, 2.24) is 5.32 Å². The molecule has 16 heavy (non-hydrogen) atoms. The van der Waals surface area contributed by atoms with Crippen molar-refractivity contribution in [3.63, 3.8) is 0 Å². The van der Waals surface area contributed by atoms with Crippen LogP contribution in [0, 0.1) is 0 Å². The Bertz CT molecular complexity index is 334. The average molecular weight is 257 g/mol. The second-order valence-electron chi connectivity index (χ2n) is 3.86. The van der Waals surface area contributed by atoms with Crippen LogP contribution in [0.2, 0.25) is 0 Å². The van der Waals surface area contributed by atoms with Crippen LogP contribution in [0.5, 0.6) is 0 Å². The molecule has 1 rings (SSSR count). The molecule has 0 bridgehead atoms. The monoisotopic (exact) mass is 257 g/mol. The van der Waals surface area contributed by atoms with Gasteiger partial charge in [-0.15, -0.1) is 23.1 Å². The van der Waals surface area contributed by atoms with Gasteiger partial charge in [0.1, 0.15) is 0 Å². The molecule has 0 aliphatic rings. The maximum absolute atomic E-state index is 11.5. The third-order valence-corrected chi connectivity index (χ3v) is 4.40. The van der Waals surface area contributed by atoms with Gasteiger partial charge in [-0.25, -0.2) is 0 Å².